The van der Waals surface area contributed by atoms with E-state index in [9.17, 15) is 8.42 Å². The third kappa shape index (κ3) is 4.15. The van der Waals surface area contributed by atoms with Crippen molar-refractivity contribution in [3.05, 3.63) is 66.5 Å². The molecular formula is C18H21N5O3S. The normalized spacial score (nSPS) is 12.9. The van der Waals surface area contributed by atoms with Crippen molar-refractivity contribution in [2.24, 2.45) is 7.05 Å². The zero-order valence-corrected chi connectivity index (χ0v) is 16.2. The number of ether oxygens (including phenoxy) is 1. The lowest BCUT2D eigenvalue weighted by atomic mass is 10.1. The minimum absolute atomic E-state index is 0.201. The molecule has 0 unspecified atom stereocenters. The van der Waals surface area contributed by atoms with Crippen LogP contribution in [0.4, 0.5) is 0 Å². The van der Waals surface area contributed by atoms with Gasteiger partial charge in [0.1, 0.15) is 18.7 Å². The largest absolute Gasteiger partial charge is 0.486 e. The Morgan fingerprint density at radius 3 is 2.56 bits per heavy atom. The van der Waals surface area contributed by atoms with Gasteiger partial charge in [0.25, 0.3) is 0 Å². The van der Waals surface area contributed by atoms with E-state index in [0.29, 0.717) is 11.6 Å². The number of sulfonamides is 1. The topological polar surface area (TPSA) is 90.2 Å². The Morgan fingerprint density at radius 2 is 1.96 bits per heavy atom. The second-order valence-electron chi connectivity index (χ2n) is 6.04. The van der Waals surface area contributed by atoms with Gasteiger partial charge in [-0.15, -0.1) is 0 Å². The maximum Gasteiger partial charge on any atom is 0.243 e. The number of aromatic nitrogens is 4. The van der Waals surface area contributed by atoms with Crippen molar-refractivity contribution < 1.29 is 13.2 Å². The number of aryl methyl sites for hydroxylation is 1. The van der Waals surface area contributed by atoms with Crippen LogP contribution in [0.25, 0.3) is 0 Å². The second-order valence-corrected chi connectivity index (χ2v) is 8.04. The lowest BCUT2D eigenvalue weighted by molar-refractivity contribution is 0.289. The van der Waals surface area contributed by atoms with Gasteiger partial charge in [0.2, 0.25) is 10.0 Å². The number of rotatable bonds is 7. The Morgan fingerprint density at radius 1 is 1.22 bits per heavy atom. The third-order valence-corrected chi connectivity index (χ3v) is 6.33. The van der Waals surface area contributed by atoms with E-state index in [2.05, 4.69) is 15.1 Å². The van der Waals surface area contributed by atoms with Crippen LogP contribution in [-0.2, 0) is 23.7 Å². The van der Waals surface area contributed by atoms with E-state index >= 15 is 0 Å². The van der Waals surface area contributed by atoms with E-state index in [1.54, 1.807) is 49.4 Å². The van der Waals surface area contributed by atoms with Gasteiger partial charge >= 0.3 is 0 Å². The number of benzene rings is 1. The second kappa shape index (κ2) is 7.85. The average Bonchev–Trinajstić information content (AvgIpc) is 3.11. The molecule has 1 atom stereocenters. The van der Waals surface area contributed by atoms with Crippen LogP contribution in [-0.4, -0.2) is 39.5 Å². The molecule has 3 aromatic rings. The van der Waals surface area contributed by atoms with Crippen LogP contribution in [0.1, 0.15) is 24.4 Å². The first-order valence-corrected chi connectivity index (χ1v) is 9.77. The monoisotopic (exact) mass is 387 g/mol. The predicted molar refractivity (Wildman–Crippen MR) is 99.4 cm³/mol. The minimum atomic E-state index is -3.64. The fraction of sp³-hybridized carbons (Fsp3) is 0.278. The van der Waals surface area contributed by atoms with Crippen LogP contribution < -0.4 is 4.74 Å². The summed E-state index contributed by atoms with van der Waals surface area (Å²) < 4.78 is 34.4. The Hall–Kier alpha value is -2.78. The first kappa shape index (κ1) is 19.0. The van der Waals surface area contributed by atoms with Gasteiger partial charge in [0.15, 0.2) is 5.82 Å². The standard InChI is InChI=1S/C18H21N5O3S/c1-14(15-5-4-10-19-11-15)23(3)27(24,25)17-8-6-16(7-9-17)26-12-18-20-13-21-22(18)2/h4-11,13-14H,12H2,1-3H3/t14-/m1/s1. The van der Waals surface area contributed by atoms with Crippen molar-refractivity contribution in [3.63, 3.8) is 0 Å². The van der Waals surface area contributed by atoms with Gasteiger partial charge in [-0.05, 0) is 42.8 Å². The third-order valence-electron chi connectivity index (χ3n) is 4.39. The summed E-state index contributed by atoms with van der Waals surface area (Å²) >= 11 is 0. The molecule has 0 bridgehead atoms. The molecule has 142 valence electrons. The molecule has 8 nitrogen and oxygen atoms in total. The van der Waals surface area contributed by atoms with Crippen LogP contribution in [0.15, 0.2) is 60.0 Å². The highest BCUT2D eigenvalue weighted by Gasteiger charge is 2.26. The molecule has 0 saturated carbocycles. The Kier molecular flexibility index (Phi) is 5.52. The highest BCUT2D eigenvalue weighted by Crippen LogP contribution is 2.26. The molecule has 1 aromatic carbocycles. The van der Waals surface area contributed by atoms with E-state index in [1.165, 1.54) is 22.8 Å². The Labute approximate surface area is 158 Å². The fourth-order valence-electron chi connectivity index (χ4n) is 2.51. The molecule has 0 aliphatic carbocycles. The summed E-state index contributed by atoms with van der Waals surface area (Å²) in [5, 5.41) is 3.97. The molecule has 0 spiro atoms. The Balaban J connectivity index is 1.72. The summed E-state index contributed by atoms with van der Waals surface area (Å²) in [5.74, 6) is 1.23. The van der Waals surface area contributed by atoms with Crippen LogP contribution in [0.5, 0.6) is 5.75 Å². The molecule has 27 heavy (non-hydrogen) atoms. The quantitative estimate of drug-likeness (QED) is 0.617. The van der Waals surface area contributed by atoms with E-state index in [0.717, 1.165) is 5.56 Å². The molecule has 0 amide bonds. The first-order chi connectivity index (χ1) is 12.9. The van der Waals surface area contributed by atoms with E-state index in [-0.39, 0.29) is 17.5 Å². The van der Waals surface area contributed by atoms with Crippen molar-refractivity contribution in [2.75, 3.05) is 7.05 Å². The summed E-state index contributed by atoms with van der Waals surface area (Å²) in [7, 11) is -0.305. The average molecular weight is 387 g/mol. The first-order valence-electron chi connectivity index (χ1n) is 8.33. The van der Waals surface area contributed by atoms with Crippen molar-refractivity contribution in [2.45, 2.75) is 24.5 Å². The van der Waals surface area contributed by atoms with Gasteiger partial charge in [0, 0.05) is 32.5 Å². The zero-order chi connectivity index (χ0) is 19.4. The van der Waals surface area contributed by atoms with Gasteiger partial charge in [-0.3, -0.25) is 9.67 Å². The molecule has 9 heteroatoms. The summed E-state index contributed by atoms with van der Waals surface area (Å²) in [6, 6.07) is 9.64. The summed E-state index contributed by atoms with van der Waals surface area (Å²) in [6.45, 7) is 2.08. The molecular weight excluding hydrogens is 366 g/mol. The molecule has 0 aliphatic heterocycles. The van der Waals surface area contributed by atoms with Gasteiger partial charge in [-0.1, -0.05) is 6.07 Å². The van der Waals surface area contributed by atoms with Crippen molar-refractivity contribution in [1.82, 2.24) is 24.1 Å². The number of hydrogen-bond donors (Lipinski definition) is 0. The fourth-order valence-corrected chi connectivity index (χ4v) is 3.86. The number of hydrogen-bond acceptors (Lipinski definition) is 6. The van der Waals surface area contributed by atoms with Gasteiger partial charge in [-0.2, -0.15) is 9.40 Å². The smallest absolute Gasteiger partial charge is 0.243 e. The lowest BCUT2D eigenvalue weighted by Crippen LogP contribution is -2.29. The van der Waals surface area contributed by atoms with E-state index in [4.69, 9.17) is 4.74 Å². The molecule has 3 rings (SSSR count). The molecule has 0 aliphatic rings. The van der Waals surface area contributed by atoms with Crippen LogP contribution in [0.3, 0.4) is 0 Å². The van der Waals surface area contributed by atoms with E-state index < -0.39 is 10.0 Å². The van der Waals surface area contributed by atoms with Gasteiger partial charge in [0.05, 0.1) is 4.90 Å². The molecule has 0 radical (unpaired) electrons. The maximum absolute atomic E-state index is 12.9. The number of pyridine rings is 1. The van der Waals surface area contributed by atoms with Crippen molar-refractivity contribution >= 4 is 10.0 Å². The predicted octanol–water partition coefficient (Wildman–Crippen LogP) is 2.17. The molecule has 0 saturated heterocycles. The maximum atomic E-state index is 12.9. The highest BCUT2D eigenvalue weighted by atomic mass is 32.2. The highest BCUT2D eigenvalue weighted by molar-refractivity contribution is 7.89. The minimum Gasteiger partial charge on any atom is -0.486 e. The summed E-state index contributed by atoms with van der Waals surface area (Å²) in [4.78, 5) is 8.33. The SMILES string of the molecule is C[C@H](c1cccnc1)N(C)S(=O)(=O)c1ccc(OCc2ncnn2C)cc1. The lowest BCUT2D eigenvalue weighted by Gasteiger charge is -2.24. The molecule has 2 aromatic heterocycles. The Bertz CT molecular complexity index is 987. The van der Waals surface area contributed by atoms with Crippen molar-refractivity contribution in [1.29, 1.82) is 0 Å². The van der Waals surface area contributed by atoms with E-state index in [1.807, 2.05) is 13.0 Å². The van der Waals surface area contributed by atoms with Crippen LogP contribution in [0, 0.1) is 0 Å². The van der Waals surface area contributed by atoms with Gasteiger partial charge < -0.3 is 4.74 Å². The zero-order valence-electron chi connectivity index (χ0n) is 15.3. The summed E-state index contributed by atoms with van der Waals surface area (Å²) in [6.07, 6.45) is 4.78. The molecule has 2 heterocycles. The molecule has 0 fully saturated rings. The molecule has 0 N–H and O–H groups in total. The van der Waals surface area contributed by atoms with Crippen LogP contribution in [0.2, 0.25) is 0 Å². The van der Waals surface area contributed by atoms with Gasteiger partial charge in [-0.25, -0.2) is 13.4 Å². The summed E-state index contributed by atoms with van der Waals surface area (Å²) in [5.41, 5.74) is 0.826. The van der Waals surface area contributed by atoms with Crippen molar-refractivity contribution in [3.8, 4) is 5.75 Å². The number of nitrogens with zero attached hydrogens (tertiary/aromatic N) is 5. The van der Waals surface area contributed by atoms with Crippen LogP contribution >= 0.6 is 0 Å².